The van der Waals surface area contributed by atoms with Crippen molar-refractivity contribution in [2.24, 2.45) is 0 Å². The summed E-state index contributed by atoms with van der Waals surface area (Å²) in [6.45, 7) is 0.745. The van der Waals surface area contributed by atoms with Crippen molar-refractivity contribution in [1.82, 2.24) is 5.32 Å². The second-order valence-electron chi connectivity index (χ2n) is 4.69. The Morgan fingerprint density at radius 2 is 1.50 bits per heavy atom. The van der Waals surface area contributed by atoms with Crippen molar-refractivity contribution in [2.45, 2.75) is 6.54 Å². The van der Waals surface area contributed by atoms with Gasteiger partial charge in [-0.15, -0.1) is 0 Å². The van der Waals surface area contributed by atoms with Gasteiger partial charge in [-0.3, -0.25) is 0 Å². The third-order valence-corrected chi connectivity index (χ3v) is 3.74. The van der Waals surface area contributed by atoms with Crippen LogP contribution in [0, 0.1) is 0 Å². The van der Waals surface area contributed by atoms with E-state index in [0.717, 1.165) is 17.1 Å². The van der Waals surface area contributed by atoms with E-state index in [2.05, 4.69) is 47.8 Å². The molecule has 0 aliphatic rings. The Bertz CT molecular complexity index is 729. The minimum atomic E-state index is 0.745. The molecule has 1 nitrogen and oxygen atoms in total. The molecule has 0 amide bonds. The number of benzene rings is 3. The Labute approximate surface area is 124 Å². The highest BCUT2D eigenvalue weighted by molar-refractivity contribution is 7.80. The van der Waals surface area contributed by atoms with Crippen molar-refractivity contribution in [2.75, 3.05) is 0 Å². The van der Waals surface area contributed by atoms with Gasteiger partial charge in [-0.25, -0.2) is 0 Å². The summed E-state index contributed by atoms with van der Waals surface area (Å²) in [7, 11) is 0. The van der Waals surface area contributed by atoms with Crippen LogP contribution in [0.1, 0.15) is 11.1 Å². The van der Waals surface area contributed by atoms with E-state index in [1.54, 1.807) is 0 Å². The van der Waals surface area contributed by atoms with Crippen molar-refractivity contribution < 1.29 is 0 Å². The first kappa shape index (κ1) is 12.8. The number of rotatable bonds is 3. The third kappa shape index (κ3) is 2.70. The van der Waals surface area contributed by atoms with E-state index >= 15 is 0 Å². The standard InChI is InChI=1S/C18H15NS/c20-18(15-8-2-1-3-9-15)19-13-16-11-6-10-14-7-4-5-12-17(14)16/h1-12H,13H2,(H,19,20). The fraction of sp³-hybridized carbons (Fsp3) is 0.0556. The first-order valence-electron chi connectivity index (χ1n) is 6.64. The van der Waals surface area contributed by atoms with Gasteiger partial charge in [-0.1, -0.05) is 85.0 Å². The first-order valence-corrected chi connectivity index (χ1v) is 7.05. The largest absolute Gasteiger partial charge is 0.372 e. The van der Waals surface area contributed by atoms with Crippen LogP contribution in [0.25, 0.3) is 10.8 Å². The SMILES string of the molecule is S=C(NCc1cccc2ccccc12)c1ccccc1. The molecule has 3 rings (SSSR count). The van der Waals surface area contributed by atoms with E-state index in [4.69, 9.17) is 12.2 Å². The van der Waals surface area contributed by atoms with Crippen molar-refractivity contribution in [1.29, 1.82) is 0 Å². The van der Waals surface area contributed by atoms with Crippen molar-refractivity contribution in [3.05, 3.63) is 83.9 Å². The van der Waals surface area contributed by atoms with Crippen LogP contribution in [0.5, 0.6) is 0 Å². The first-order chi connectivity index (χ1) is 9.84. The lowest BCUT2D eigenvalue weighted by atomic mass is 10.0. The average Bonchev–Trinajstić information content (AvgIpc) is 2.53. The lowest BCUT2D eigenvalue weighted by Crippen LogP contribution is -2.21. The highest BCUT2D eigenvalue weighted by Gasteiger charge is 2.02. The third-order valence-electron chi connectivity index (χ3n) is 3.36. The van der Waals surface area contributed by atoms with Crippen molar-refractivity contribution >= 4 is 28.0 Å². The van der Waals surface area contributed by atoms with Gasteiger partial charge in [-0.05, 0) is 16.3 Å². The minimum absolute atomic E-state index is 0.745. The smallest absolute Gasteiger partial charge is 0.106 e. The molecule has 0 aliphatic carbocycles. The summed E-state index contributed by atoms with van der Waals surface area (Å²) >= 11 is 5.43. The zero-order valence-electron chi connectivity index (χ0n) is 11.0. The number of thiocarbonyl (C=S) groups is 1. The Kier molecular flexibility index (Phi) is 3.75. The summed E-state index contributed by atoms with van der Waals surface area (Å²) in [4.78, 5) is 0.790. The average molecular weight is 277 g/mol. The van der Waals surface area contributed by atoms with Gasteiger partial charge in [-0.2, -0.15) is 0 Å². The van der Waals surface area contributed by atoms with Gasteiger partial charge in [0.15, 0.2) is 0 Å². The van der Waals surface area contributed by atoms with Gasteiger partial charge in [0, 0.05) is 12.1 Å². The van der Waals surface area contributed by atoms with Crippen LogP contribution in [0.4, 0.5) is 0 Å². The molecule has 1 N–H and O–H groups in total. The fourth-order valence-electron chi connectivity index (χ4n) is 2.31. The summed E-state index contributed by atoms with van der Waals surface area (Å²) in [5.41, 5.74) is 2.32. The molecule has 0 unspecified atom stereocenters. The normalized spacial score (nSPS) is 10.4. The lowest BCUT2D eigenvalue weighted by Gasteiger charge is -2.10. The molecule has 2 heteroatoms. The highest BCUT2D eigenvalue weighted by Crippen LogP contribution is 2.18. The van der Waals surface area contributed by atoms with Crippen LogP contribution < -0.4 is 5.32 Å². The van der Waals surface area contributed by atoms with E-state index in [-0.39, 0.29) is 0 Å². The maximum atomic E-state index is 5.43. The molecule has 0 saturated heterocycles. The Morgan fingerprint density at radius 3 is 2.35 bits per heavy atom. The minimum Gasteiger partial charge on any atom is -0.372 e. The Hall–Kier alpha value is -2.19. The molecular formula is C18H15NS. The van der Waals surface area contributed by atoms with E-state index in [1.165, 1.54) is 16.3 Å². The molecule has 0 atom stereocenters. The van der Waals surface area contributed by atoms with Crippen molar-refractivity contribution in [3.63, 3.8) is 0 Å². The Balaban J connectivity index is 1.79. The van der Waals surface area contributed by atoms with Crippen LogP contribution >= 0.6 is 12.2 Å². The summed E-state index contributed by atoms with van der Waals surface area (Å²) in [5.74, 6) is 0. The quantitative estimate of drug-likeness (QED) is 0.716. The second-order valence-corrected chi connectivity index (χ2v) is 5.10. The Morgan fingerprint density at radius 1 is 0.800 bits per heavy atom. The lowest BCUT2D eigenvalue weighted by molar-refractivity contribution is 0.937. The molecule has 0 aromatic heterocycles. The van der Waals surface area contributed by atoms with Gasteiger partial charge in [0.1, 0.15) is 4.99 Å². The number of hydrogen-bond donors (Lipinski definition) is 1. The monoisotopic (exact) mass is 277 g/mol. The number of hydrogen-bond acceptors (Lipinski definition) is 1. The zero-order chi connectivity index (χ0) is 13.8. The van der Waals surface area contributed by atoms with Gasteiger partial charge < -0.3 is 5.32 Å². The molecule has 0 spiro atoms. The van der Waals surface area contributed by atoms with Crippen LogP contribution in [-0.2, 0) is 6.54 Å². The van der Waals surface area contributed by atoms with E-state index in [1.807, 2.05) is 30.3 Å². The molecule has 3 aromatic rings. The van der Waals surface area contributed by atoms with Gasteiger partial charge in [0.05, 0.1) is 0 Å². The van der Waals surface area contributed by atoms with E-state index in [9.17, 15) is 0 Å². The summed E-state index contributed by atoms with van der Waals surface area (Å²) in [6, 6.07) is 24.8. The number of nitrogens with one attached hydrogen (secondary N) is 1. The zero-order valence-corrected chi connectivity index (χ0v) is 11.9. The van der Waals surface area contributed by atoms with Crippen molar-refractivity contribution in [3.8, 4) is 0 Å². The summed E-state index contributed by atoms with van der Waals surface area (Å²) < 4.78 is 0. The van der Waals surface area contributed by atoms with E-state index in [0.29, 0.717) is 0 Å². The van der Waals surface area contributed by atoms with Gasteiger partial charge in [0.2, 0.25) is 0 Å². The van der Waals surface area contributed by atoms with Crippen LogP contribution in [-0.4, -0.2) is 4.99 Å². The molecule has 0 fully saturated rings. The van der Waals surface area contributed by atoms with Crippen LogP contribution in [0.2, 0.25) is 0 Å². The van der Waals surface area contributed by atoms with Crippen LogP contribution in [0.15, 0.2) is 72.8 Å². The van der Waals surface area contributed by atoms with Gasteiger partial charge in [0.25, 0.3) is 0 Å². The maximum Gasteiger partial charge on any atom is 0.106 e. The molecule has 0 aliphatic heterocycles. The molecular weight excluding hydrogens is 262 g/mol. The molecule has 0 bridgehead atoms. The molecule has 0 saturated carbocycles. The molecule has 0 heterocycles. The highest BCUT2D eigenvalue weighted by atomic mass is 32.1. The summed E-state index contributed by atoms with van der Waals surface area (Å²) in [5, 5.41) is 5.88. The van der Waals surface area contributed by atoms with E-state index < -0.39 is 0 Å². The molecule has 98 valence electrons. The second kappa shape index (κ2) is 5.85. The molecule has 20 heavy (non-hydrogen) atoms. The van der Waals surface area contributed by atoms with Gasteiger partial charge >= 0.3 is 0 Å². The maximum absolute atomic E-state index is 5.43. The predicted molar refractivity (Wildman–Crippen MR) is 88.9 cm³/mol. The van der Waals surface area contributed by atoms with Crippen LogP contribution in [0.3, 0.4) is 0 Å². The topological polar surface area (TPSA) is 12.0 Å². The molecule has 0 radical (unpaired) electrons. The molecule has 3 aromatic carbocycles. The summed E-state index contributed by atoms with van der Waals surface area (Å²) in [6.07, 6.45) is 0. The predicted octanol–water partition coefficient (Wildman–Crippen LogP) is 4.31. The fourth-order valence-corrected chi connectivity index (χ4v) is 2.52. The number of fused-ring (bicyclic) bond motifs is 1.